The number of benzene rings is 1. The van der Waals surface area contributed by atoms with Crippen molar-refractivity contribution in [3.05, 3.63) is 23.2 Å². The maximum atomic E-state index is 12.7. The molecule has 0 radical (unpaired) electrons. The topological polar surface area (TPSA) is 44.8 Å². The molecule has 0 aliphatic carbocycles. The zero-order valence-electron chi connectivity index (χ0n) is 13.6. The van der Waals surface area contributed by atoms with Crippen molar-refractivity contribution in [2.75, 3.05) is 38.6 Å². The Kier molecular flexibility index (Phi) is 5.28. The maximum Gasteiger partial charge on any atom is 0.322 e. The Morgan fingerprint density at radius 3 is 2.83 bits per heavy atom. The summed E-state index contributed by atoms with van der Waals surface area (Å²) in [7, 11) is 1.56. The molecule has 5 nitrogen and oxygen atoms in total. The van der Waals surface area contributed by atoms with Crippen LogP contribution in [0.1, 0.15) is 25.7 Å². The number of carbonyl (C=O) groups is 1. The fourth-order valence-corrected chi connectivity index (χ4v) is 3.81. The van der Waals surface area contributed by atoms with E-state index >= 15 is 0 Å². The molecule has 2 saturated heterocycles. The van der Waals surface area contributed by atoms with Crippen LogP contribution in [-0.4, -0.2) is 55.2 Å². The SMILES string of the molecule is COc1c(Cl)cccc1NC(=O)N1CCC[C@H]1CN1CCCC1. The molecule has 2 amide bonds. The molecule has 2 aliphatic heterocycles. The van der Waals surface area contributed by atoms with Crippen LogP contribution < -0.4 is 10.1 Å². The second kappa shape index (κ2) is 7.41. The molecule has 1 aromatic carbocycles. The molecule has 1 N–H and O–H groups in total. The lowest BCUT2D eigenvalue weighted by Crippen LogP contribution is -2.44. The van der Waals surface area contributed by atoms with E-state index in [1.807, 2.05) is 17.0 Å². The molecule has 1 atom stereocenters. The van der Waals surface area contributed by atoms with Gasteiger partial charge in [-0.2, -0.15) is 0 Å². The second-order valence-corrected chi connectivity index (χ2v) is 6.66. The average molecular weight is 338 g/mol. The lowest BCUT2D eigenvalue weighted by atomic mass is 10.2. The number of carbonyl (C=O) groups excluding carboxylic acids is 1. The minimum absolute atomic E-state index is 0.0627. The maximum absolute atomic E-state index is 12.7. The lowest BCUT2D eigenvalue weighted by molar-refractivity contribution is 0.186. The van der Waals surface area contributed by atoms with E-state index in [1.165, 1.54) is 12.8 Å². The number of likely N-dealkylation sites (tertiary alicyclic amines) is 2. The first kappa shape index (κ1) is 16.4. The molecule has 126 valence electrons. The van der Waals surface area contributed by atoms with Crippen LogP contribution in [0, 0.1) is 0 Å². The number of urea groups is 1. The molecule has 2 aliphatic rings. The third-order valence-corrected chi connectivity index (χ3v) is 5.02. The van der Waals surface area contributed by atoms with Crippen molar-refractivity contribution in [2.45, 2.75) is 31.7 Å². The summed E-state index contributed by atoms with van der Waals surface area (Å²) in [6.07, 6.45) is 4.70. The highest BCUT2D eigenvalue weighted by Gasteiger charge is 2.31. The molecular weight excluding hydrogens is 314 g/mol. The van der Waals surface area contributed by atoms with Crippen LogP contribution in [0.4, 0.5) is 10.5 Å². The van der Waals surface area contributed by atoms with E-state index < -0.39 is 0 Å². The van der Waals surface area contributed by atoms with E-state index in [2.05, 4.69) is 10.2 Å². The van der Waals surface area contributed by atoms with Crippen molar-refractivity contribution >= 4 is 23.3 Å². The van der Waals surface area contributed by atoms with Crippen molar-refractivity contribution in [2.24, 2.45) is 0 Å². The van der Waals surface area contributed by atoms with E-state index in [9.17, 15) is 4.79 Å². The molecule has 0 spiro atoms. The number of para-hydroxylation sites is 1. The molecular formula is C17H24ClN3O2. The van der Waals surface area contributed by atoms with Gasteiger partial charge in [0.25, 0.3) is 0 Å². The van der Waals surface area contributed by atoms with Gasteiger partial charge in [-0.3, -0.25) is 0 Å². The summed E-state index contributed by atoms with van der Waals surface area (Å²) in [5.41, 5.74) is 0.622. The van der Waals surface area contributed by atoms with Gasteiger partial charge in [-0.25, -0.2) is 4.79 Å². The van der Waals surface area contributed by atoms with Crippen molar-refractivity contribution in [1.82, 2.24) is 9.80 Å². The highest BCUT2D eigenvalue weighted by Crippen LogP contribution is 2.33. The van der Waals surface area contributed by atoms with E-state index in [0.717, 1.165) is 39.0 Å². The van der Waals surface area contributed by atoms with Crippen molar-refractivity contribution in [3.8, 4) is 5.75 Å². The minimum atomic E-state index is -0.0627. The molecule has 3 rings (SSSR count). The van der Waals surface area contributed by atoms with Crippen molar-refractivity contribution < 1.29 is 9.53 Å². The number of ether oxygens (including phenoxy) is 1. The minimum Gasteiger partial charge on any atom is -0.493 e. The predicted molar refractivity (Wildman–Crippen MR) is 92.4 cm³/mol. The van der Waals surface area contributed by atoms with Crippen LogP contribution in [0.15, 0.2) is 18.2 Å². The number of halogens is 1. The third kappa shape index (κ3) is 3.72. The zero-order valence-corrected chi connectivity index (χ0v) is 14.3. The summed E-state index contributed by atoms with van der Waals surface area (Å²) in [4.78, 5) is 17.1. The van der Waals surface area contributed by atoms with Gasteiger partial charge in [-0.05, 0) is 50.9 Å². The molecule has 1 aromatic rings. The van der Waals surface area contributed by atoms with Gasteiger partial charge in [0.2, 0.25) is 0 Å². The number of nitrogens with one attached hydrogen (secondary N) is 1. The van der Waals surface area contributed by atoms with E-state index in [4.69, 9.17) is 16.3 Å². The Morgan fingerprint density at radius 1 is 1.30 bits per heavy atom. The molecule has 2 fully saturated rings. The summed E-state index contributed by atoms with van der Waals surface area (Å²) >= 11 is 6.12. The standard InChI is InChI=1S/C17H24ClN3O2/c1-23-16-14(18)7-4-8-15(16)19-17(22)21-11-5-6-13(21)12-20-9-2-3-10-20/h4,7-8,13H,2-3,5-6,9-12H2,1H3,(H,19,22)/t13-/m0/s1. The summed E-state index contributed by atoms with van der Waals surface area (Å²) in [5, 5.41) is 3.46. The quantitative estimate of drug-likeness (QED) is 0.915. The Balaban J connectivity index is 1.66. The number of hydrogen-bond acceptors (Lipinski definition) is 3. The number of methoxy groups -OCH3 is 1. The Hall–Kier alpha value is -1.46. The predicted octanol–water partition coefficient (Wildman–Crippen LogP) is 3.44. The summed E-state index contributed by atoms with van der Waals surface area (Å²) in [6.45, 7) is 4.12. The fraction of sp³-hybridized carbons (Fsp3) is 0.588. The van der Waals surface area contributed by atoms with E-state index in [0.29, 0.717) is 22.5 Å². The molecule has 0 saturated carbocycles. The lowest BCUT2D eigenvalue weighted by Gasteiger charge is -2.28. The van der Waals surface area contributed by atoms with Crippen LogP contribution in [0.5, 0.6) is 5.75 Å². The van der Waals surface area contributed by atoms with Gasteiger partial charge in [-0.1, -0.05) is 17.7 Å². The first-order chi connectivity index (χ1) is 11.2. The number of rotatable bonds is 4. The average Bonchev–Trinajstić information content (AvgIpc) is 3.19. The van der Waals surface area contributed by atoms with Gasteiger partial charge in [0, 0.05) is 19.1 Å². The molecule has 2 heterocycles. The van der Waals surface area contributed by atoms with Gasteiger partial charge >= 0.3 is 6.03 Å². The van der Waals surface area contributed by atoms with Gasteiger partial charge in [0.1, 0.15) is 0 Å². The van der Waals surface area contributed by atoms with Crippen molar-refractivity contribution in [1.29, 1.82) is 0 Å². The smallest absolute Gasteiger partial charge is 0.322 e. The van der Waals surface area contributed by atoms with Crippen LogP contribution in [0.3, 0.4) is 0 Å². The third-order valence-electron chi connectivity index (χ3n) is 4.72. The second-order valence-electron chi connectivity index (χ2n) is 6.25. The first-order valence-corrected chi connectivity index (χ1v) is 8.69. The van der Waals surface area contributed by atoms with Crippen LogP contribution in [0.2, 0.25) is 5.02 Å². The number of nitrogens with zero attached hydrogens (tertiary/aromatic N) is 2. The summed E-state index contributed by atoms with van der Waals surface area (Å²) in [5.74, 6) is 0.512. The van der Waals surface area contributed by atoms with Crippen LogP contribution in [0.25, 0.3) is 0 Å². The van der Waals surface area contributed by atoms with Crippen LogP contribution in [-0.2, 0) is 0 Å². The molecule has 0 bridgehead atoms. The number of anilines is 1. The molecule has 6 heteroatoms. The fourth-order valence-electron chi connectivity index (χ4n) is 3.56. The monoisotopic (exact) mass is 337 g/mol. The number of amides is 2. The largest absolute Gasteiger partial charge is 0.493 e. The normalized spacial score (nSPS) is 21.7. The number of hydrogen-bond donors (Lipinski definition) is 1. The first-order valence-electron chi connectivity index (χ1n) is 8.31. The zero-order chi connectivity index (χ0) is 16.2. The Bertz CT molecular complexity index is 561. The van der Waals surface area contributed by atoms with Gasteiger partial charge in [0.15, 0.2) is 5.75 Å². The summed E-state index contributed by atoms with van der Waals surface area (Å²) in [6, 6.07) is 5.62. The Morgan fingerprint density at radius 2 is 2.09 bits per heavy atom. The Labute approximate surface area is 142 Å². The molecule has 0 aromatic heterocycles. The van der Waals surface area contributed by atoms with E-state index in [1.54, 1.807) is 13.2 Å². The highest BCUT2D eigenvalue weighted by molar-refractivity contribution is 6.32. The highest BCUT2D eigenvalue weighted by atomic mass is 35.5. The van der Waals surface area contributed by atoms with E-state index in [-0.39, 0.29) is 6.03 Å². The van der Waals surface area contributed by atoms with Gasteiger partial charge in [-0.15, -0.1) is 0 Å². The van der Waals surface area contributed by atoms with Gasteiger partial charge in [0.05, 0.1) is 17.8 Å². The summed E-state index contributed by atoms with van der Waals surface area (Å²) < 4.78 is 5.30. The van der Waals surface area contributed by atoms with Crippen LogP contribution >= 0.6 is 11.6 Å². The molecule has 0 unspecified atom stereocenters. The van der Waals surface area contributed by atoms with Gasteiger partial charge < -0.3 is 19.9 Å². The van der Waals surface area contributed by atoms with Crippen molar-refractivity contribution in [3.63, 3.8) is 0 Å². The molecule has 23 heavy (non-hydrogen) atoms.